The van der Waals surface area contributed by atoms with E-state index in [0.717, 1.165) is 6.54 Å². The molecule has 1 aliphatic rings. The zero-order valence-corrected chi connectivity index (χ0v) is 14.6. The van der Waals surface area contributed by atoms with Crippen LogP contribution in [0.4, 0.5) is 0 Å². The first-order chi connectivity index (χ1) is 10.7. The van der Waals surface area contributed by atoms with Crippen molar-refractivity contribution < 1.29 is 18.3 Å². The average Bonchev–Trinajstić information content (AvgIpc) is 2.47. The fourth-order valence-electron chi connectivity index (χ4n) is 2.81. The summed E-state index contributed by atoms with van der Waals surface area (Å²) in [5, 5.41) is 9.17. The summed E-state index contributed by atoms with van der Waals surface area (Å²) in [4.78, 5) is 13.5. The van der Waals surface area contributed by atoms with Gasteiger partial charge in [-0.1, -0.05) is 19.9 Å². The normalized spacial score (nSPS) is 17.6. The SMILES string of the molecule is Cc1ccc(S(=O)(=O)N2CCN(CC(C)C)CC2)cc1C(=O)O. The summed E-state index contributed by atoms with van der Waals surface area (Å²) in [6.45, 7) is 9.18. The van der Waals surface area contributed by atoms with E-state index in [0.29, 0.717) is 37.7 Å². The van der Waals surface area contributed by atoms with E-state index < -0.39 is 16.0 Å². The number of aromatic carboxylic acids is 1. The third-order valence-corrected chi connectivity index (χ3v) is 5.93. The van der Waals surface area contributed by atoms with Crippen molar-refractivity contribution >= 4 is 16.0 Å². The molecule has 0 amide bonds. The van der Waals surface area contributed by atoms with E-state index in [4.69, 9.17) is 5.11 Å². The maximum Gasteiger partial charge on any atom is 0.335 e. The molecule has 2 rings (SSSR count). The number of benzene rings is 1. The topological polar surface area (TPSA) is 77.9 Å². The number of aryl methyl sites for hydroxylation is 1. The molecule has 0 bridgehead atoms. The van der Waals surface area contributed by atoms with Gasteiger partial charge in [-0.2, -0.15) is 4.31 Å². The lowest BCUT2D eigenvalue weighted by atomic mass is 10.1. The number of nitrogens with zero attached hydrogens (tertiary/aromatic N) is 2. The molecule has 23 heavy (non-hydrogen) atoms. The van der Waals surface area contributed by atoms with Crippen LogP contribution in [0.2, 0.25) is 0 Å². The Balaban J connectivity index is 2.17. The van der Waals surface area contributed by atoms with Crippen molar-refractivity contribution in [3.05, 3.63) is 29.3 Å². The molecule has 1 N–H and O–H groups in total. The van der Waals surface area contributed by atoms with Crippen molar-refractivity contribution in [3.63, 3.8) is 0 Å². The fourth-order valence-corrected chi connectivity index (χ4v) is 4.26. The Morgan fingerprint density at radius 1 is 1.22 bits per heavy atom. The lowest BCUT2D eigenvalue weighted by molar-refractivity contribution is 0.0696. The molecule has 7 heteroatoms. The second kappa shape index (κ2) is 6.98. The number of piperazine rings is 1. The number of carboxylic acid groups (broad SMARTS) is 1. The molecule has 1 heterocycles. The average molecular weight is 340 g/mol. The van der Waals surface area contributed by atoms with Crippen LogP contribution in [0.5, 0.6) is 0 Å². The monoisotopic (exact) mass is 340 g/mol. The Hall–Kier alpha value is -1.44. The molecular weight excluding hydrogens is 316 g/mol. The molecule has 0 unspecified atom stereocenters. The fraction of sp³-hybridized carbons (Fsp3) is 0.562. The van der Waals surface area contributed by atoms with Gasteiger partial charge in [-0.05, 0) is 30.5 Å². The minimum absolute atomic E-state index is 0.0320. The first kappa shape index (κ1) is 17.9. The van der Waals surface area contributed by atoms with Crippen LogP contribution in [0, 0.1) is 12.8 Å². The van der Waals surface area contributed by atoms with Crippen LogP contribution in [0.15, 0.2) is 23.1 Å². The number of sulfonamides is 1. The number of hydrogen-bond donors (Lipinski definition) is 1. The largest absolute Gasteiger partial charge is 0.478 e. The Bertz CT molecular complexity index is 677. The van der Waals surface area contributed by atoms with Gasteiger partial charge in [0.15, 0.2) is 0 Å². The smallest absolute Gasteiger partial charge is 0.335 e. The van der Waals surface area contributed by atoms with Gasteiger partial charge in [0.1, 0.15) is 0 Å². The standard InChI is InChI=1S/C16H24N2O4S/c1-12(2)11-17-6-8-18(9-7-17)23(21,22)14-5-4-13(3)15(10-14)16(19)20/h4-5,10,12H,6-9,11H2,1-3H3,(H,19,20). The van der Waals surface area contributed by atoms with Crippen LogP contribution in [0.3, 0.4) is 0 Å². The molecule has 0 spiro atoms. The summed E-state index contributed by atoms with van der Waals surface area (Å²) >= 11 is 0. The molecule has 1 aliphatic heterocycles. The van der Waals surface area contributed by atoms with Gasteiger partial charge in [0.05, 0.1) is 10.5 Å². The van der Waals surface area contributed by atoms with Crippen LogP contribution in [0.25, 0.3) is 0 Å². The van der Waals surface area contributed by atoms with Crippen LogP contribution in [-0.4, -0.2) is 61.4 Å². The molecule has 1 aromatic rings. The molecule has 1 fully saturated rings. The second-order valence-corrected chi connectivity index (χ2v) is 8.32. The Morgan fingerprint density at radius 2 is 1.83 bits per heavy atom. The number of rotatable bonds is 5. The Morgan fingerprint density at radius 3 is 2.35 bits per heavy atom. The minimum Gasteiger partial charge on any atom is -0.478 e. The maximum atomic E-state index is 12.7. The van der Waals surface area contributed by atoms with Gasteiger partial charge in [0.25, 0.3) is 0 Å². The van der Waals surface area contributed by atoms with Crippen molar-refractivity contribution in [2.45, 2.75) is 25.7 Å². The molecule has 0 atom stereocenters. The van der Waals surface area contributed by atoms with Gasteiger partial charge in [-0.25, -0.2) is 13.2 Å². The summed E-state index contributed by atoms with van der Waals surface area (Å²) in [5.41, 5.74) is 0.586. The molecule has 0 aromatic heterocycles. The second-order valence-electron chi connectivity index (χ2n) is 6.38. The van der Waals surface area contributed by atoms with Crippen molar-refractivity contribution in [3.8, 4) is 0 Å². The molecule has 0 radical (unpaired) electrons. The van der Waals surface area contributed by atoms with Crippen LogP contribution >= 0.6 is 0 Å². The van der Waals surface area contributed by atoms with Crippen molar-refractivity contribution in [2.24, 2.45) is 5.92 Å². The lowest BCUT2D eigenvalue weighted by Crippen LogP contribution is -2.49. The van der Waals surface area contributed by atoms with Gasteiger partial charge in [0.2, 0.25) is 10.0 Å². The molecule has 6 nitrogen and oxygen atoms in total. The third-order valence-electron chi connectivity index (χ3n) is 4.03. The predicted octanol–water partition coefficient (Wildman–Crippen LogP) is 1.66. The number of carboxylic acids is 1. The first-order valence-electron chi connectivity index (χ1n) is 7.78. The third kappa shape index (κ3) is 4.10. The van der Waals surface area contributed by atoms with Crippen molar-refractivity contribution in [2.75, 3.05) is 32.7 Å². The van der Waals surface area contributed by atoms with Crippen molar-refractivity contribution in [1.29, 1.82) is 0 Å². The quantitative estimate of drug-likeness (QED) is 0.882. The van der Waals surface area contributed by atoms with Gasteiger partial charge < -0.3 is 10.0 Å². The van der Waals surface area contributed by atoms with E-state index in [9.17, 15) is 13.2 Å². The minimum atomic E-state index is -3.64. The van der Waals surface area contributed by atoms with Crippen LogP contribution in [-0.2, 0) is 10.0 Å². The summed E-state index contributed by atoms with van der Waals surface area (Å²) in [6.07, 6.45) is 0. The Labute approximate surface area is 137 Å². The van der Waals surface area contributed by atoms with Gasteiger partial charge >= 0.3 is 5.97 Å². The van der Waals surface area contributed by atoms with E-state index in [1.54, 1.807) is 13.0 Å². The molecule has 1 aromatic carbocycles. The maximum absolute atomic E-state index is 12.7. The highest BCUT2D eigenvalue weighted by Crippen LogP contribution is 2.21. The van der Waals surface area contributed by atoms with Gasteiger partial charge in [0, 0.05) is 32.7 Å². The lowest BCUT2D eigenvalue weighted by Gasteiger charge is -2.34. The number of carbonyl (C=O) groups is 1. The number of hydrogen-bond acceptors (Lipinski definition) is 4. The molecule has 1 saturated heterocycles. The van der Waals surface area contributed by atoms with Crippen LogP contribution < -0.4 is 0 Å². The highest BCUT2D eigenvalue weighted by Gasteiger charge is 2.29. The highest BCUT2D eigenvalue weighted by molar-refractivity contribution is 7.89. The van der Waals surface area contributed by atoms with Crippen LogP contribution in [0.1, 0.15) is 29.8 Å². The Kier molecular flexibility index (Phi) is 5.44. The highest BCUT2D eigenvalue weighted by atomic mass is 32.2. The molecule has 128 valence electrons. The molecule has 0 saturated carbocycles. The van der Waals surface area contributed by atoms with E-state index in [2.05, 4.69) is 18.7 Å². The first-order valence-corrected chi connectivity index (χ1v) is 9.22. The predicted molar refractivity (Wildman–Crippen MR) is 88.2 cm³/mol. The summed E-state index contributed by atoms with van der Waals surface area (Å²) in [7, 11) is -3.64. The zero-order valence-electron chi connectivity index (χ0n) is 13.8. The van der Waals surface area contributed by atoms with E-state index in [1.807, 2.05) is 0 Å². The van der Waals surface area contributed by atoms with E-state index in [1.165, 1.54) is 16.4 Å². The summed E-state index contributed by atoms with van der Waals surface area (Å²) in [6, 6.07) is 4.29. The zero-order chi connectivity index (χ0) is 17.2. The van der Waals surface area contributed by atoms with E-state index in [-0.39, 0.29) is 10.5 Å². The summed E-state index contributed by atoms with van der Waals surface area (Å²) < 4.78 is 26.9. The molecule has 0 aliphatic carbocycles. The molecular formula is C16H24N2O4S. The summed E-state index contributed by atoms with van der Waals surface area (Å²) in [5.74, 6) is -0.560. The van der Waals surface area contributed by atoms with Crippen molar-refractivity contribution in [1.82, 2.24) is 9.21 Å². The van der Waals surface area contributed by atoms with Gasteiger partial charge in [-0.15, -0.1) is 0 Å². The van der Waals surface area contributed by atoms with E-state index >= 15 is 0 Å². The van der Waals surface area contributed by atoms with Gasteiger partial charge in [-0.3, -0.25) is 0 Å².